The molecule has 0 aliphatic rings. The number of sulfone groups is 1. The third kappa shape index (κ3) is 4.16. The van der Waals surface area contributed by atoms with Gasteiger partial charge in [0.15, 0.2) is 0 Å². The van der Waals surface area contributed by atoms with E-state index < -0.39 is 15.6 Å². The monoisotopic (exact) mass is 291 g/mol. The number of nitrogens with one attached hydrogen (secondary N) is 1. The van der Waals surface area contributed by atoms with Gasteiger partial charge in [-0.05, 0) is 37.1 Å². The van der Waals surface area contributed by atoms with Gasteiger partial charge in [-0.15, -0.1) is 0 Å². The van der Waals surface area contributed by atoms with Gasteiger partial charge < -0.3 is 5.32 Å². The number of hydrogen-bond donors (Lipinski definition) is 1. The van der Waals surface area contributed by atoms with Crippen LogP contribution in [0.4, 0.5) is 14.5 Å². The second kappa shape index (κ2) is 6.84. The summed E-state index contributed by atoms with van der Waals surface area (Å²) in [5.41, 5.74) is 0.744. The van der Waals surface area contributed by atoms with Gasteiger partial charge in [-0.3, -0.25) is 0 Å². The molecule has 0 aliphatic carbocycles. The van der Waals surface area contributed by atoms with Crippen LogP contribution in [0.3, 0.4) is 0 Å². The van der Waals surface area contributed by atoms with Crippen LogP contribution in [0, 0.1) is 0 Å². The molecular formula is C13H19F2NO2S. The third-order valence-corrected chi connectivity index (χ3v) is 4.32. The van der Waals surface area contributed by atoms with Crippen molar-refractivity contribution in [2.75, 3.05) is 5.32 Å². The van der Waals surface area contributed by atoms with E-state index in [9.17, 15) is 17.2 Å². The number of alkyl halides is 2. The fraction of sp³-hybridized carbons (Fsp3) is 0.538. The Balaban J connectivity index is 2.82. The third-order valence-electron chi connectivity index (χ3n) is 2.92. The molecule has 0 aliphatic heterocycles. The smallest absolute Gasteiger partial charge is 0.341 e. The van der Waals surface area contributed by atoms with E-state index in [1.165, 1.54) is 24.3 Å². The lowest BCUT2D eigenvalue weighted by molar-refractivity contribution is 0.234. The van der Waals surface area contributed by atoms with Gasteiger partial charge in [0.25, 0.3) is 0 Å². The molecule has 1 aromatic rings. The largest absolute Gasteiger partial charge is 0.382 e. The number of halogens is 2. The maximum Gasteiger partial charge on any atom is 0.341 e. The van der Waals surface area contributed by atoms with Crippen molar-refractivity contribution in [3.8, 4) is 0 Å². The van der Waals surface area contributed by atoms with Crippen LogP contribution in [0.25, 0.3) is 0 Å². The highest BCUT2D eigenvalue weighted by Crippen LogP contribution is 2.21. The van der Waals surface area contributed by atoms with Crippen molar-refractivity contribution >= 4 is 15.5 Å². The van der Waals surface area contributed by atoms with Gasteiger partial charge >= 0.3 is 5.76 Å². The normalized spacial score (nSPS) is 13.5. The van der Waals surface area contributed by atoms with Crippen molar-refractivity contribution in [1.29, 1.82) is 0 Å². The van der Waals surface area contributed by atoms with Crippen LogP contribution in [0.2, 0.25) is 0 Å². The van der Waals surface area contributed by atoms with E-state index in [0.29, 0.717) is 6.04 Å². The van der Waals surface area contributed by atoms with E-state index in [0.717, 1.165) is 24.9 Å². The average molecular weight is 291 g/mol. The minimum atomic E-state index is -4.50. The highest BCUT2D eigenvalue weighted by atomic mass is 32.2. The molecule has 0 bridgehead atoms. The first-order valence-electron chi connectivity index (χ1n) is 6.30. The standard InChI is InChI=1S/C13H19F2NO2S/c1-3-5-10(4-2)16-11-6-8-12(9-7-11)19(17,18)13(14)15/h6-10,13,16H,3-5H2,1-2H3. The van der Waals surface area contributed by atoms with Gasteiger partial charge in [0.05, 0.1) is 4.90 Å². The maximum atomic E-state index is 12.4. The Morgan fingerprint density at radius 1 is 1.16 bits per heavy atom. The van der Waals surface area contributed by atoms with Gasteiger partial charge in [0.1, 0.15) is 0 Å². The van der Waals surface area contributed by atoms with E-state index in [1.807, 2.05) is 0 Å². The quantitative estimate of drug-likeness (QED) is 0.833. The SMILES string of the molecule is CCCC(CC)Nc1ccc(S(=O)(=O)C(F)F)cc1. The molecule has 1 rings (SSSR count). The number of anilines is 1. The van der Waals surface area contributed by atoms with E-state index in [4.69, 9.17) is 0 Å². The maximum absolute atomic E-state index is 12.4. The van der Waals surface area contributed by atoms with Crippen molar-refractivity contribution in [3.05, 3.63) is 24.3 Å². The molecule has 0 saturated carbocycles. The van der Waals surface area contributed by atoms with Gasteiger partial charge in [0, 0.05) is 11.7 Å². The summed E-state index contributed by atoms with van der Waals surface area (Å²) in [7, 11) is -4.50. The van der Waals surface area contributed by atoms with E-state index >= 15 is 0 Å². The highest BCUT2D eigenvalue weighted by molar-refractivity contribution is 7.91. The van der Waals surface area contributed by atoms with Gasteiger partial charge in [-0.1, -0.05) is 20.3 Å². The van der Waals surface area contributed by atoms with Crippen LogP contribution in [0.5, 0.6) is 0 Å². The number of benzene rings is 1. The Kier molecular flexibility index (Phi) is 5.72. The second-order valence-electron chi connectivity index (χ2n) is 4.37. The molecule has 6 heteroatoms. The Labute approximate surface area is 112 Å². The van der Waals surface area contributed by atoms with E-state index in [2.05, 4.69) is 19.2 Å². The van der Waals surface area contributed by atoms with Crippen LogP contribution in [-0.2, 0) is 9.84 Å². The Morgan fingerprint density at radius 2 is 1.74 bits per heavy atom. The number of hydrogen-bond acceptors (Lipinski definition) is 3. The first-order valence-corrected chi connectivity index (χ1v) is 7.85. The van der Waals surface area contributed by atoms with Gasteiger partial charge in [-0.2, -0.15) is 8.78 Å². The van der Waals surface area contributed by atoms with Gasteiger partial charge in [-0.25, -0.2) is 8.42 Å². The first-order chi connectivity index (χ1) is 8.91. The van der Waals surface area contributed by atoms with Crippen LogP contribution >= 0.6 is 0 Å². The summed E-state index contributed by atoms with van der Waals surface area (Å²) in [5.74, 6) is -3.38. The molecular weight excluding hydrogens is 272 g/mol. The fourth-order valence-electron chi connectivity index (χ4n) is 1.81. The predicted octanol–water partition coefficient (Wildman–Crippen LogP) is 3.67. The van der Waals surface area contributed by atoms with Crippen molar-refractivity contribution in [3.63, 3.8) is 0 Å². The lowest BCUT2D eigenvalue weighted by Crippen LogP contribution is -2.18. The Morgan fingerprint density at radius 3 is 2.16 bits per heavy atom. The van der Waals surface area contributed by atoms with Crippen molar-refractivity contribution in [2.24, 2.45) is 0 Å². The van der Waals surface area contributed by atoms with Crippen LogP contribution < -0.4 is 5.32 Å². The van der Waals surface area contributed by atoms with Crippen LogP contribution in [0.15, 0.2) is 29.2 Å². The van der Waals surface area contributed by atoms with Crippen LogP contribution in [-0.4, -0.2) is 20.2 Å². The summed E-state index contributed by atoms with van der Waals surface area (Å²) >= 11 is 0. The Hall–Kier alpha value is -1.17. The topological polar surface area (TPSA) is 46.2 Å². The summed E-state index contributed by atoms with van der Waals surface area (Å²) in [6.45, 7) is 4.14. The molecule has 1 aromatic carbocycles. The molecule has 0 spiro atoms. The summed E-state index contributed by atoms with van der Waals surface area (Å²) in [4.78, 5) is -0.350. The predicted molar refractivity (Wildman–Crippen MR) is 72.2 cm³/mol. The van der Waals surface area contributed by atoms with Crippen molar-refractivity contribution in [2.45, 2.75) is 49.8 Å². The average Bonchev–Trinajstić information content (AvgIpc) is 2.38. The number of rotatable bonds is 7. The molecule has 108 valence electrons. The summed E-state index contributed by atoms with van der Waals surface area (Å²) in [5, 5.41) is 3.26. The van der Waals surface area contributed by atoms with Crippen LogP contribution in [0.1, 0.15) is 33.1 Å². The lowest BCUT2D eigenvalue weighted by atomic mass is 10.1. The Bertz CT molecular complexity index is 486. The van der Waals surface area contributed by atoms with E-state index in [-0.39, 0.29) is 4.90 Å². The molecule has 0 aromatic heterocycles. The summed E-state index contributed by atoms with van der Waals surface area (Å²) in [6.07, 6.45) is 3.00. The molecule has 0 heterocycles. The summed E-state index contributed by atoms with van der Waals surface area (Å²) in [6, 6.07) is 5.77. The first kappa shape index (κ1) is 15.9. The summed E-state index contributed by atoms with van der Waals surface area (Å²) < 4.78 is 47.2. The minimum Gasteiger partial charge on any atom is -0.382 e. The molecule has 19 heavy (non-hydrogen) atoms. The van der Waals surface area contributed by atoms with Crippen molar-refractivity contribution in [1.82, 2.24) is 0 Å². The molecule has 0 amide bonds. The molecule has 0 fully saturated rings. The van der Waals surface area contributed by atoms with Gasteiger partial charge in [0.2, 0.25) is 9.84 Å². The zero-order valence-electron chi connectivity index (χ0n) is 11.1. The highest BCUT2D eigenvalue weighted by Gasteiger charge is 2.26. The molecule has 1 atom stereocenters. The van der Waals surface area contributed by atoms with Crippen molar-refractivity contribution < 1.29 is 17.2 Å². The lowest BCUT2D eigenvalue weighted by Gasteiger charge is -2.17. The minimum absolute atomic E-state index is 0.308. The molecule has 3 nitrogen and oxygen atoms in total. The molecule has 1 N–H and O–H groups in total. The zero-order chi connectivity index (χ0) is 14.5. The molecule has 0 radical (unpaired) electrons. The molecule has 1 unspecified atom stereocenters. The zero-order valence-corrected chi connectivity index (χ0v) is 11.9. The van der Waals surface area contributed by atoms with E-state index in [1.54, 1.807) is 0 Å². The molecule has 0 saturated heterocycles. The second-order valence-corrected chi connectivity index (χ2v) is 6.29. The fourth-order valence-corrected chi connectivity index (χ4v) is 2.53.